The minimum absolute atomic E-state index is 0.0166. The predicted octanol–water partition coefficient (Wildman–Crippen LogP) is 5.95. The zero-order valence-corrected chi connectivity index (χ0v) is 17.0. The first-order chi connectivity index (χ1) is 14.6. The minimum atomic E-state index is -0.348. The Kier molecular flexibility index (Phi) is 5.72. The van der Waals surface area contributed by atoms with Crippen molar-refractivity contribution in [3.8, 4) is 11.5 Å². The maximum atomic E-state index is 13.9. The molecule has 0 bridgehead atoms. The van der Waals surface area contributed by atoms with Crippen molar-refractivity contribution in [3.05, 3.63) is 88.2 Å². The van der Waals surface area contributed by atoms with E-state index in [-0.39, 0.29) is 18.3 Å². The molecule has 4 nitrogen and oxygen atoms in total. The average Bonchev–Trinajstić information content (AvgIpc) is 3.04. The second kappa shape index (κ2) is 8.59. The summed E-state index contributed by atoms with van der Waals surface area (Å²) >= 11 is 6.47. The number of carbonyl (C=O) groups is 1. The first kappa shape index (κ1) is 20.0. The molecule has 1 aliphatic heterocycles. The normalized spacial score (nSPS) is 13.8. The molecule has 30 heavy (non-hydrogen) atoms. The Morgan fingerprint density at radius 1 is 1.07 bits per heavy atom. The zero-order chi connectivity index (χ0) is 21.1. The van der Waals surface area contributed by atoms with Gasteiger partial charge in [0.1, 0.15) is 12.4 Å². The lowest BCUT2D eigenvalue weighted by Gasteiger charge is -2.15. The number of carbonyl (C=O) groups excluding carboxylic acids is 1. The van der Waals surface area contributed by atoms with Crippen molar-refractivity contribution in [3.63, 3.8) is 0 Å². The highest BCUT2D eigenvalue weighted by molar-refractivity contribution is 6.35. The Morgan fingerprint density at radius 3 is 2.63 bits per heavy atom. The Balaban J connectivity index is 1.67. The van der Waals surface area contributed by atoms with E-state index < -0.39 is 0 Å². The molecule has 0 atom stereocenters. The molecule has 0 saturated carbocycles. The molecule has 0 unspecified atom stereocenters. The van der Waals surface area contributed by atoms with Crippen LogP contribution in [0.25, 0.3) is 11.6 Å². The summed E-state index contributed by atoms with van der Waals surface area (Å²) in [7, 11) is 0. The van der Waals surface area contributed by atoms with Gasteiger partial charge in [-0.15, -0.1) is 0 Å². The van der Waals surface area contributed by atoms with Gasteiger partial charge in [0.2, 0.25) is 0 Å². The van der Waals surface area contributed by atoms with E-state index in [1.165, 1.54) is 6.07 Å². The van der Waals surface area contributed by atoms with Crippen LogP contribution in [0.1, 0.15) is 23.6 Å². The molecule has 1 aliphatic rings. The van der Waals surface area contributed by atoms with Crippen molar-refractivity contribution >= 4 is 34.8 Å². The van der Waals surface area contributed by atoms with Gasteiger partial charge >= 0.3 is 0 Å². The summed E-state index contributed by atoms with van der Waals surface area (Å²) in [4.78, 5) is 12.4. The van der Waals surface area contributed by atoms with Crippen molar-refractivity contribution in [1.29, 1.82) is 0 Å². The van der Waals surface area contributed by atoms with Gasteiger partial charge in [-0.05, 0) is 42.8 Å². The summed E-state index contributed by atoms with van der Waals surface area (Å²) in [6.45, 7) is 2.26. The van der Waals surface area contributed by atoms with Crippen molar-refractivity contribution in [1.82, 2.24) is 0 Å². The standard InChI is InChI=1S/C24H19ClFNO3/c1-2-29-22-13-15(11-18-17-8-4-6-10-21(17)27-24(18)28)12-19(25)23(22)30-14-16-7-3-5-9-20(16)26/h3-13H,2,14H2,1H3,(H,27,28)/b18-11-. The van der Waals surface area contributed by atoms with Gasteiger partial charge in [-0.1, -0.05) is 48.0 Å². The molecule has 1 N–H and O–H groups in total. The van der Waals surface area contributed by atoms with Gasteiger partial charge in [0.25, 0.3) is 5.91 Å². The molecule has 0 aromatic heterocycles. The van der Waals surface area contributed by atoms with Crippen molar-refractivity contribution in [2.75, 3.05) is 11.9 Å². The maximum absolute atomic E-state index is 13.9. The van der Waals surface area contributed by atoms with Gasteiger partial charge in [-0.25, -0.2) is 4.39 Å². The lowest BCUT2D eigenvalue weighted by atomic mass is 10.0. The number of anilines is 1. The molecule has 0 radical (unpaired) electrons. The molecule has 3 aromatic carbocycles. The van der Waals surface area contributed by atoms with Gasteiger partial charge in [-0.2, -0.15) is 0 Å². The smallest absolute Gasteiger partial charge is 0.256 e. The Morgan fingerprint density at radius 2 is 1.83 bits per heavy atom. The average molecular weight is 424 g/mol. The van der Waals surface area contributed by atoms with E-state index >= 15 is 0 Å². The lowest BCUT2D eigenvalue weighted by Crippen LogP contribution is -2.04. The summed E-state index contributed by atoms with van der Waals surface area (Å²) in [6.07, 6.45) is 1.76. The topological polar surface area (TPSA) is 47.6 Å². The maximum Gasteiger partial charge on any atom is 0.256 e. The highest BCUT2D eigenvalue weighted by Gasteiger charge is 2.24. The summed E-state index contributed by atoms with van der Waals surface area (Å²) in [5.41, 5.74) is 3.26. The van der Waals surface area contributed by atoms with Gasteiger partial charge < -0.3 is 14.8 Å². The van der Waals surface area contributed by atoms with Crippen LogP contribution in [0.4, 0.5) is 10.1 Å². The second-order valence-corrected chi connectivity index (χ2v) is 7.11. The Labute approximate surface area is 178 Å². The fourth-order valence-corrected chi connectivity index (χ4v) is 3.56. The molecular weight excluding hydrogens is 405 g/mol. The quantitative estimate of drug-likeness (QED) is 0.498. The zero-order valence-electron chi connectivity index (χ0n) is 16.2. The monoisotopic (exact) mass is 423 g/mol. The summed E-state index contributed by atoms with van der Waals surface area (Å²) in [5, 5.41) is 3.16. The van der Waals surface area contributed by atoms with Crippen LogP contribution in [0, 0.1) is 5.82 Å². The van der Waals surface area contributed by atoms with Crippen LogP contribution in [0.15, 0.2) is 60.7 Å². The van der Waals surface area contributed by atoms with E-state index in [2.05, 4.69) is 5.32 Å². The summed E-state index contributed by atoms with van der Waals surface area (Å²) in [6, 6.07) is 17.3. The van der Waals surface area contributed by atoms with Gasteiger partial charge in [0, 0.05) is 22.4 Å². The number of rotatable bonds is 6. The summed E-state index contributed by atoms with van der Waals surface area (Å²) in [5.74, 6) is 0.240. The Hall–Kier alpha value is -3.31. The van der Waals surface area contributed by atoms with E-state index in [9.17, 15) is 9.18 Å². The molecule has 4 rings (SSSR count). The van der Waals surface area contributed by atoms with Crippen LogP contribution in [-0.4, -0.2) is 12.5 Å². The number of amides is 1. The van der Waals surface area contributed by atoms with Crippen LogP contribution in [-0.2, 0) is 11.4 Å². The second-order valence-electron chi connectivity index (χ2n) is 6.70. The number of nitrogens with one attached hydrogen (secondary N) is 1. The fourth-order valence-electron chi connectivity index (χ4n) is 3.29. The van der Waals surface area contributed by atoms with Gasteiger partial charge in [0.05, 0.1) is 11.6 Å². The van der Waals surface area contributed by atoms with Crippen molar-refractivity contribution in [2.24, 2.45) is 0 Å². The molecule has 0 spiro atoms. The van der Waals surface area contributed by atoms with E-state index in [1.54, 1.807) is 36.4 Å². The molecular formula is C24H19ClFNO3. The van der Waals surface area contributed by atoms with Crippen LogP contribution >= 0.6 is 11.6 Å². The van der Waals surface area contributed by atoms with Crippen LogP contribution in [0.5, 0.6) is 11.5 Å². The highest BCUT2D eigenvalue weighted by atomic mass is 35.5. The molecule has 1 amide bonds. The molecule has 0 aliphatic carbocycles. The highest BCUT2D eigenvalue weighted by Crippen LogP contribution is 2.39. The molecule has 6 heteroatoms. The van der Waals surface area contributed by atoms with E-state index in [1.807, 2.05) is 31.2 Å². The third-order valence-electron chi connectivity index (χ3n) is 4.68. The summed E-state index contributed by atoms with van der Waals surface area (Å²) < 4.78 is 25.4. The first-order valence-corrected chi connectivity index (χ1v) is 9.89. The minimum Gasteiger partial charge on any atom is -0.490 e. The van der Waals surface area contributed by atoms with Gasteiger partial charge in [0.15, 0.2) is 11.5 Å². The molecule has 0 fully saturated rings. The number of benzene rings is 3. The SMILES string of the molecule is CCOc1cc(/C=C2\C(=O)Nc3ccccc32)cc(Cl)c1OCc1ccccc1F. The molecule has 3 aromatic rings. The Bertz CT molecular complexity index is 1140. The number of ether oxygens (including phenoxy) is 2. The van der Waals surface area contributed by atoms with Crippen LogP contribution < -0.4 is 14.8 Å². The van der Waals surface area contributed by atoms with Crippen molar-refractivity contribution < 1.29 is 18.7 Å². The van der Waals surface area contributed by atoms with Crippen LogP contribution in [0.3, 0.4) is 0 Å². The van der Waals surface area contributed by atoms with Crippen LogP contribution in [0.2, 0.25) is 5.02 Å². The number of hydrogen-bond donors (Lipinski definition) is 1. The molecule has 152 valence electrons. The fraction of sp³-hybridized carbons (Fsp3) is 0.125. The number of fused-ring (bicyclic) bond motifs is 1. The third-order valence-corrected chi connectivity index (χ3v) is 4.96. The predicted molar refractivity (Wildman–Crippen MR) is 116 cm³/mol. The van der Waals surface area contributed by atoms with E-state index in [0.717, 1.165) is 11.3 Å². The number of para-hydroxylation sites is 1. The van der Waals surface area contributed by atoms with E-state index in [4.69, 9.17) is 21.1 Å². The molecule has 0 saturated heterocycles. The number of hydrogen-bond acceptors (Lipinski definition) is 3. The number of halogens is 2. The van der Waals surface area contributed by atoms with Gasteiger partial charge in [-0.3, -0.25) is 4.79 Å². The molecule has 1 heterocycles. The largest absolute Gasteiger partial charge is 0.490 e. The van der Waals surface area contributed by atoms with Crippen molar-refractivity contribution in [2.45, 2.75) is 13.5 Å². The van der Waals surface area contributed by atoms with E-state index in [0.29, 0.717) is 39.8 Å². The first-order valence-electron chi connectivity index (χ1n) is 9.52. The lowest BCUT2D eigenvalue weighted by molar-refractivity contribution is -0.110. The third kappa shape index (κ3) is 4.02.